The van der Waals surface area contributed by atoms with Crippen LogP contribution in [-0.2, 0) is 10.2 Å². The lowest BCUT2D eigenvalue weighted by Gasteiger charge is -2.26. The lowest BCUT2D eigenvalue weighted by atomic mass is 9.78. The van der Waals surface area contributed by atoms with Crippen LogP contribution in [0.15, 0.2) is 78.9 Å². The summed E-state index contributed by atoms with van der Waals surface area (Å²) in [6, 6.07) is 22.3. The molecule has 160 valence electrons. The Morgan fingerprint density at radius 2 is 0.933 bits per heavy atom. The van der Waals surface area contributed by atoms with E-state index in [1.54, 1.807) is 48.5 Å². The van der Waals surface area contributed by atoms with E-state index in [1.165, 1.54) is 0 Å². The number of rotatable bonds is 2. The number of hydrogen-bond donors (Lipinski definition) is 5. The lowest BCUT2D eigenvalue weighted by Crippen LogP contribution is -2.18. The molecular weight excluding hydrogens is 384 g/mol. The molecule has 0 spiro atoms. The van der Waals surface area contributed by atoms with Gasteiger partial charge in [-0.3, -0.25) is 0 Å². The van der Waals surface area contributed by atoms with E-state index in [0.717, 1.165) is 11.1 Å². The number of nitrogens with two attached hydrogens (primary N) is 2. The van der Waals surface area contributed by atoms with E-state index in [4.69, 9.17) is 14.7 Å². The van der Waals surface area contributed by atoms with Gasteiger partial charge in [-0.2, -0.15) is 0 Å². The average Bonchev–Trinajstić information content (AvgIpc) is 2.71. The number of phenols is 3. The molecule has 3 aromatic carbocycles. The van der Waals surface area contributed by atoms with Gasteiger partial charge in [0.15, 0.2) is 0 Å². The number of primary amides is 2. The maximum absolute atomic E-state index is 9.30. The van der Waals surface area contributed by atoms with Crippen molar-refractivity contribution in [3.8, 4) is 17.2 Å². The van der Waals surface area contributed by atoms with Crippen LogP contribution in [0.2, 0.25) is 0 Å². The van der Waals surface area contributed by atoms with Gasteiger partial charge in [0.1, 0.15) is 24.0 Å². The molecule has 0 bridgehead atoms. The Balaban J connectivity index is 0.000000534. The third kappa shape index (κ3) is 9.80. The molecule has 0 aliphatic heterocycles. The highest BCUT2D eigenvalue weighted by Gasteiger charge is 2.22. The standard InChI is InChI=1S/C15H16O2.C6H6O.CH4N2O.CH2O/c1-15(2,11-3-7-13(16)8-4-11)12-5-9-14(17)10-6-12;7-6-4-2-1-3-5-6;2-1(3)4;1-2/h3-10,16-17H,1-2H3;1-5,7H;(H4,2,3,4);1H2. The zero-order valence-electron chi connectivity index (χ0n) is 17.0. The number of aromatic hydroxyl groups is 3. The van der Waals surface area contributed by atoms with Gasteiger partial charge in [-0.15, -0.1) is 0 Å². The quantitative estimate of drug-likeness (QED) is 0.436. The van der Waals surface area contributed by atoms with Gasteiger partial charge in [-0.1, -0.05) is 56.3 Å². The zero-order valence-corrected chi connectivity index (χ0v) is 17.0. The SMILES string of the molecule is C=O.CC(C)(c1ccc(O)cc1)c1ccc(O)cc1.NC(N)=O.Oc1ccccc1. The molecule has 0 unspecified atom stereocenters. The molecule has 0 aliphatic rings. The first-order valence-electron chi connectivity index (χ1n) is 8.79. The molecule has 0 heterocycles. The first kappa shape index (κ1) is 26.0. The maximum Gasteiger partial charge on any atom is 0.309 e. The van der Waals surface area contributed by atoms with Crippen molar-refractivity contribution >= 4 is 12.8 Å². The monoisotopic (exact) mass is 412 g/mol. The second kappa shape index (κ2) is 13.2. The molecule has 7 heteroatoms. The highest BCUT2D eigenvalue weighted by Crippen LogP contribution is 2.32. The van der Waals surface area contributed by atoms with Crippen LogP contribution in [0.1, 0.15) is 25.0 Å². The number of amides is 2. The van der Waals surface area contributed by atoms with Gasteiger partial charge in [-0.25, -0.2) is 4.79 Å². The van der Waals surface area contributed by atoms with E-state index in [-0.39, 0.29) is 16.9 Å². The summed E-state index contributed by atoms with van der Waals surface area (Å²) in [7, 11) is 0. The van der Waals surface area contributed by atoms with Crippen LogP contribution in [0.5, 0.6) is 17.2 Å². The van der Waals surface area contributed by atoms with Crippen LogP contribution >= 0.6 is 0 Å². The van der Waals surface area contributed by atoms with Gasteiger partial charge in [0.05, 0.1) is 0 Å². The van der Waals surface area contributed by atoms with Crippen LogP contribution in [0.3, 0.4) is 0 Å². The number of phenolic OH excluding ortho intramolecular Hbond substituents is 3. The van der Waals surface area contributed by atoms with E-state index in [9.17, 15) is 10.2 Å². The van der Waals surface area contributed by atoms with Crippen LogP contribution in [0.4, 0.5) is 4.79 Å². The molecule has 0 fully saturated rings. The van der Waals surface area contributed by atoms with Crippen LogP contribution < -0.4 is 11.5 Å². The minimum absolute atomic E-state index is 0.151. The third-order valence-electron chi connectivity index (χ3n) is 3.93. The molecule has 3 aromatic rings. The minimum atomic E-state index is -0.833. The number of benzene rings is 3. The molecule has 0 saturated carbocycles. The van der Waals surface area contributed by atoms with Crippen LogP contribution in [0.25, 0.3) is 0 Å². The number of para-hydroxylation sites is 1. The molecule has 3 rings (SSSR count). The van der Waals surface area contributed by atoms with E-state index < -0.39 is 6.03 Å². The van der Waals surface area contributed by atoms with Crippen LogP contribution in [-0.4, -0.2) is 28.1 Å². The van der Waals surface area contributed by atoms with Gasteiger partial charge in [-0.05, 0) is 47.5 Å². The van der Waals surface area contributed by atoms with Crippen molar-refractivity contribution in [1.82, 2.24) is 0 Å². The Hall–Kier alpha value is -4.00. The summed E-state index contributed by atoms with van der Waals surface area (Å²) in [5.74, 6) is 0.869. The van der Waals surface area contributed by atoms with Gasteiger partial charge in [0, 0.05) is 5.41 Å². The molecule has 0 aromatic heterocycles. The molecule has 30 heavy (non-hydrogen) atoms. The molecule has 0 saturated heterocycles. The van der Waals surface area contributed by atoms with Gasteiger partial charge < -0.3 is 31.6 Å². The van der Waals surface area contributed by atoms with Gasteiger partial charge >= 0.3 is 6.03 Å². The van der Waals surface area contributed by atoms with E-state index in [1.807, 2.05) is 37.1 Å². The predicted octanol–water partition coefficient (Wildman–Crippen LogP) is 3.65. The number of hydrogen-bond acceptors (Lipinski definition) is 5. The topological polar surface area (TPSA) is 147 Å². The van der Waals surface area contributed by atoms with Crippen molar-refractivity contribution in [1.29, 1.82) is 0 Å². The Morgan fingerprint density at radius 3 is 1.17 bits per heavy atom. The molecular formula is C23H28N2O5. The van der Waals surface area contributed by atoms with Crippen molar-refractivity contribution in [2.45, 2.75) is 19.3 Å². The molecule has 0 radical (unpaired) electrons. The second-order valence-electron chi connectivity index (χ2n) is 6.46. The normalized spacial score (nSPS) is 9.40. The summed E-state index contributed by atoms with van der Waals surface area (Å²) in [6.07, 6.45) is 0. The van der Waals surface area contributed by atoms with Crippen molar-refractivity contribution in [3.05, 3.63) is 90.0 Å². The van der Waals surface area contributed by atoms with Crippen molar-refractivity contribution in [2.24, 2.45) is 11.5 Å². The number of carbonyl (C=O) groups excluding carboxylic acids is 2. The smallest absolute Gasteiger partial charge is 0.309 e. The largest absolute Gasteiger partial charge is 0.508 e. The first-order valence-corrected chi connectivity index (χ1v) is 8.79. The van der Waals surface area contributed by atoms with E-state index in [2.05, 4.69) is 25.3 Å². The Bertz CT molecular complexity index is 813. The molecule has 7 nitrogen and oxygen atoms in total. The maximum atomic E-state index is 9.30. The summed E-state index contributed by atoms with van der Waals surface area (Å²) in [5, 5.41) is 27.2. The second-order valence-corrected chi connectivity index (χ2v) is 6.46. The summed E-state index contributed by atoms with van der Waals surface area (Å²) in [5.41, 5.74) is 10.6. The van der Waals surface area contributed by atoms with Crippen molar-refractivity contribution in [2.75, 3.05) is 0 Å². The number of carbonyl (C=O) groups is 2. The highest BCUT2D eigenvalue weighted by molar-refractivity contribution is 5.69. The van der Waals surface area contributed by atoms with E-state index >= 15 is 0 Å². The third-order valence-corrected chi connectivity index (χ3v) is 3.93. The van der Waals surface area contributed by atoms with Gasteiger partial charge in [0.25, 0.3) is 0 Å². The summed E-state index contributed by atoms with van der Waals surface area (Å²) < 4.78 is 0. The van der Waals surface area contributed by atoms with Crippen LogP contribution in [0, 0.1) is 0 Å². The highest BCUT2D eigenvalue weighted by atomic mass is 16.3. The Labute approximate surface area is 176 Å². The minimum Gasteiger partial charge on any atom is -0.508 e. The fraction of sp³-hybridized carbons (Fsp3) is 0.130. The summed E-state index contributed by atoms with van der Waals surface area (Å²) in [6.45, 7) is 6.23. The fourth-order valence-electron chi connectivity index (χ4n) is 2.35. The predicted molar refractivity (Wildman–Crippen MR) is 117 cm³/mol. The van der Waals surface area contributed by atoms with Crippen molar-refractivity contribution in [3.63, 3.8) is 0 Å². The summed E-state index contributed by atoms with van der Waals surface area (Å²) in [4.78, 5) is 17.0. The Morgan fingerprint density at radius 1 is 0.667 bits per heavy atom. The molecule has 7 N–H and O–H groups in total. The Kier molecular flexibility index (Phi) is 11.5. The fourth-order valence-corrected chi connectivity index (χ4v) is 2.35. The van der Waals surface area contributed by atoms with E-state index in [0.29, 0.717) is 5.75 Å². The van der Waals surface area contributed by atoms with Crippen molar-refractivity contribution < 1.29 is 24.9 Å². The summed E-state index contributed by atoms with van der Waals surface area (Å²) >= 11 is 0. The molecule has 0 atom stereocenters. The molecule has 0 aliphatic carbocycles. The number of urea groups is 1. The lowest BCUT2D eigenvalue weighted by molar-refractivity contribution is -0.0980. The average molecular weight is 412 g/mol. The zero-order chi connectivity index (χ0) is 23.2. The van der Waals surface area contributed by atoms with Gasteiger partial charge in [0.2, 0.25) is 0 Å². The molecule has 2 amide bonds. The first-order chi connectivity index (χ1) is 14.1.